The van der Waals surface area contributed by atoms with E-state index in [0.29, 0.717) is 0 Å². The summed E-state index contributed by atoms with van der Waals surface area (Å²) >= 11 is 18.4. The molecule has 0 saturated heterocycles. The topological polar surface area (TPSA) is 12.9 Å². The summed E-state index contributed by atoms with van der Waals surface area (Å²) in [5.74, 6) is 0. The fourth-order valence-corrected chi connectivity index (χ4v) is 8.63. The first-order chi connectivity index (χ1) is 11.6. The van der Waals surface area contributed by atoms with E-state index in [-0.39, 0.29) is 0 Å². The van der Waals surface area contributed by atoms with E-state index in [1.54, 1.807) is 22.7 Å². The molecule has 0 atom stereocenters. The predicted octanol–water partition coefficient (Wildman–Crippen LogP) is 8.87. The minimum atomic E-state index is 1.05. The molecule has 3 aromatic heterocycles. The first-order valence-corrected chi connectivity index (χ1v) is 11.8. The molecule has 0 spiro atoms. The van der Waals surface area contributed by atoms with E-state index < -0.39 is 0 Å². The number of hydrogen-bond acceptors (Lipinski definition) is 3. The standard InChI is InChI=1S/C17H5Br4NS2/c18-6-1-7-8-3-22-11-5-23-4-9(11)12(8)14-15(13(7)10(19)2-6)17(21)24-16(14)20/h1-5H. The lowest BCUT2D eigenvalue weighted by Gasteiger charge is -2.11. The SMILES string of the molecule is Brc1cc(Br)c2c(c1)c1cnc3cscc3c1c1c(Br)sc(Br)c21. The molecule has 0 N–H and O–H groups in total. The maximum Gasteiger partial charge on any atom is 0.0815 e. The van der Waals surface area contributed by atoms with E-state index in [4.69, 9.17) is 0 Å². The van der Waals surface area contributed by atoms with Crippen molar-refractivity contribution in [2.24, 2.45) is 0 Å². The van der Waals surface area contributed by atoms with Crippen molar-refractivity contribution in [1.29, 1.82) is 0 Å². The van der Waals surface area contributed by atoms with Gasteiger partial charge in [0.1, 0.15) is 0 Å². The number of aromatic nitrogens is 1. The van der Waals surface area contributed by atoms with Gasteiger partial charge < -0.3 is 0 Å². The summed E-state index contributed by atoms with van der Waals surface area (Å²) in [5.41, 5.74) is 1.05. The van der Waals surface area contributed by atoms with E-state index >= 15 is 0 Å². The first-order valence-electron chi connectivity index (χ1n) is 6.89. The van der Waals surface area contributed by atoms with Crippen LogP contribution in [0.1, 0.15) is 0 Å². The molecule has 24 heavy (non-hydrogen) atoms. The Labute approximate surface area is 178 Å². The summed E-state index contributed by atoms with van der Waals surface area (Å²) in [6.07, 6.45) is 2.00. The smallest absolute Gasteiger partial charge is 0.0815 e. The Morgan fingerprint density at radius 1 is 0.750 bits per heavy atom. The monoisotopic (exact) mass is 603 g/mol. The van der Waals surface area contributed by atoms with Gasteiger partial charge in [-0.2, -0.15) is 0 Å². The van der Waals surface area contributed by atoms with Gasteiger partial charge in [-0.15, -0.1) is 22.7 Å². The molecule has 5 aromatic rings. The molecule has 0 unspecified atom stereocenters. The second-order valence-electron chi connectivity index (χ2n) is 5.43. The van der Waals surface area contributed by atoms with E-state index in [1.807, 2.05) is 6.20 Å². The fraction of sp³-hybridized carbons (Fsp3) is 0. The van der Waals surface area contributed by atoms with Crippen molar-refractivity contribution in [3.63, 3.8) is 0 Å². The van der Waals surface area contributed by atoms with E-state index in [1.165, 1.54) is 37.7 Å². The van der Waals surface area contributed by atoms with Crippen LogP contribution in [-0.4, -0.2) is 4.98 Å². The number of hydrogen-bond donors (Lipinski definition) is 0. The summed E-state index contributed by atoms with van der Waals surface area (Å²) in [6, 6.07) is 4.28. The van der Waals surface area contributed by atoms with Crippen molar-refractivity contribution in [1.82, 2.24) is 4.98 Å². The molecule has 0 fully saturated rings. The molecule has 3 heterocycles. The number of fused-ring (bicyclic) bond motifs is 8. The molecule has 118 valence electrons. The Morgan fingerprint density at radius 2 is 1.50 bits per heavy atom. The third-order valence-electron chi connectivity index (χ3n) is 4.18. The zero-order chi connectivity index (χ0) is 16.6. The van der Waals surface area contributed by atoms with E-state index in [2.05, 4.69) is 91.6 Å². The maximum atomic E-state index is 4.68. The number of nitrogens with zero attached hydrogens (tertiary/aromatic N) is 1. The lowest BCUT2D eigenvalue weighted by molar-refractivity contribution is 1.47. The third kappa shape index (κ3) is 2.15. The highest BCUT2D eigenvalue weighted by atomic mass is 79.9. The van der Waals surface area contributed by atoms with Gasteiger partial charge in [-0.3, -0.25) is 4.98 Å². The zero-order valence-electron chi connectivity index (χ0n) is 11.7. The van der Waals surface area contributed by atoms with Gasteiger partial charge >= 0.3 is 0 Å². The molecule has 0 saturated carbocycles. The Balaban J connectivity index is 2.28. The van der Waals surface area contributed by atoms with Crippen molar-refractivity contribution < 1.29 is 0 Å². The quantitative estimate of drug-likeness (QED) is 0.161. The number of thiophene rings is 2. The molecule has 0 radical (unpaired) electrons. The summed E-state index contributed by atoms with van der Waals surface area (Å²) in [5, 5.41) is 12.9. The first kappa shape index (κ1) is 16.1. The largest absolute Gasteiger partial charge is 0.255 e. The van der Waals surface area contributed by atoms with Gasteiger partial charge in [-0.25, -0.2) is 0 Å². The number of benzene rings is 2. The van der Waals surface area contributed by atoms with Crippen LogP contribution >= 0.6 is 86.4 Å². The summed E-state index contributed by atoms with van der Waals surface area (Å²) < 4.78 is 4.41. The van der Waals surface area contributed by atoms with Crippen LogP contribution in [0.25, 0.3) is 43.2 Å². The normalized spacial score (nSPS) is 12.2. The highest BCUT2D eigenvalue weighted by Gasteiger charge is 2.20. The Bertz CT molecular complexity index is 1300. The predicted molar refractivity (Wildman–Crippen MR) is 121 cm³/mol. The Morgan fingerprint density at radius 3 is 2.29 bits per heavy atom. The minimum absolute atomic E-state index is 1.05. The van der Waals surface area contributed by atoms with Crippen molar-refractivity contribution in [3.05, 3.63) is 45.6 Å². The van der Waals surface area contributed by atoms with Crippen LogP contribution in [0, 0.1) is 0 Å². The molecule has 1 nitrogen and oxygen atoms in total. The Kier molecular flexibility index (Phi) is 3.85. The van der Waals surface area contributed by atoms with Gasteiger partial charge in [-0.1, -0.05) is 31.9 Å². The minimum Gasteiger partial charge on any atom is -0.255 e. The van der Waals surface area contributed by atoms with Gasteiger partial charge in [0.25, 0.3) is 0 Å². The average Bonchev–Trinajstić information content (AvgIpc) is 3.11. The van der Waals surface area contributed by atoms with E-state index in [9.17, 15) is 0 Å². The molecule has 7 heteroatoms. The van der Waals surface area contributed by atoms with Crippen molar-refractivity contribution in [2.45, 2.75) is 0 Å². The molecule has 0 aliphatic rings. The molecule has 0 aliphatic carbocycles. The van der Waals surface area contributed by atoms with Crippen LogP contribution in [0.15, 0.2) is 45.6 Å². The average molecular weight is 607 g/mol. The molecule has 2 aromatic carbocycles. The number of pyridine rings is 1. The molecule has 0 amide bonds. The van der Waals surface area contributed by atoms with Crippen LogP contribution in [0.3, 0.4) is 0 Å². The van der Waals surface area contributed by atoms with Gasteiger partial charge in [0, 0.05) is 58.2 Å². The maximum absolute atomic E-state index is 4.68. The third-order valence-corrected chi connectivity index (χ3v) is 8.53. The molecular weight excluding hydrogens is 602 g/mol. The molecule has 0 aliphatic heterocycles. The van der Waals surface area contributed by atoms with Gasteiger partial charge in [-0.05, 0) is 49.4 Å². The molecule has 5 rings (SSSR count). The van der Waals surface area contributed by atoms with Crippen LogP contribution in [0.4, 0.5) is 0 Å². The van der Waals surface area contributed by atoms with Crippen LogP contribution in [0.2, 0.25) is 0 Å². The van der Waals surface area contributed by atoms with Gasteiger partial charge in [0.2, 0.25) is 0 Å². The van der Waals surface area contributed by atoms with Crippen molar-refractivity contribution in [2.75, 3.05) is 0 Å². The fourth-order valence-electron chi connectivity index (χ4n) is 3.26. The highest BCUT2D eigenvalue weighted by molar-refractivity contribution is 9.12. The number of halogens is 4. The lowest BCUT2D eigenvalue weighted by Crippen LogP contribution is -1.86. The second kappa shape index (κ2) is 5.72. The van der Waals surface area contributed by atoms with Crippen molar-refractivity contribution in [3.8, 4) is 0 Å². The van der Waals surface area contributed by atoms with Gasteiger partial charge in [0.15, 0.2) is 0 Å². The summed E-state index contributed by atoms with van der Waals surface area (Å²) in [7, 11) is 0. The van der Waals surface area contributed by atoms with Crippen LogP contribution in [0.5, 0.6) is 0 Å². The summed E-state index contributed by atoms with van der Waals surface area (Å²) in [6.45, 7) is 0. The molecular formula is C17H5Br4NS2. The Hall–Kier alpha value is -0.0500. The van der Waals surface area contributed by atoms with Crippen LogP contribution in [-0.2, 0) is 0 Å². The highest BCUT2D eigenvalue weighted by Crippen LogP contribution is 2.50. The number of rotatable bonds is 0. The van der Waals surface area contributed by atoms with Crippen LogP contribution < -0.4 is 0 Å². The summed E-state index contributed by atoms with van der Waals surface area (Å²) in [4.78, 5) is 4.68. The second-order valence-corrected chi connectivity index (χ2v) is 11.6. The van der Waals surface area contributed by atoms with E-state index in [0.717, 1.165) is 22.0 Å². The van der Waals surface area contributed by atoms with Crippen molar-refractivity contribution >= 4 is 130 Å². The lowest BCUT2D eigenvalue weighted by atomic mass is 9.96. The van der Waals surface area contributed by atoms with Gasteiger partial charge in [0.05, 0.1) is 13.1 Å². The zero-order valence-corrected chi connectivity index (χ0v) is 19.6. The molecule has 0 bridgehead atoms.